The Morgan fingerprint density at radius 3 is 2.50 bits per heavy atom. The third-order valence-corrected chi connectivity index (χ3v) is 3.29. The van der Waals surface area contributed by atoms with Crippen LogP contribution in [0, 0.1) is 0 Å². The number of ether oxygens (including phenoxy) is 2. The maximum atomic E-state index is 12.1. The molecule has 0 unspecified atom stereocenters. The number of hydrogen-bond acceptors (Lipinski definition) is 4. The molecule has 0 bridgehead atoms. The van der Waals surface area contributed by atoms with E-state index in [9.17, 15) is 9.59 Å². The summed E-state index contributed by atoms with van der Waals surface area (Å²) < 4.78 is 10.2. The molecule has 24 heavy (non-hydrogen) atoms. The van der Waals surface area contributed by atoms with Crippen LogP contribution in [0.3, 0.4) is 0 Å². The first kappa shape index (κ1) is 17.3. The molecule has 2 N–H and O–H groups in total. The molecule has 0 aliphatic carbocycles. The minimum Gasteiger partial charge on any atom is -0.494 e. The van der Waals surface area contributed by atoms with Gasteiger partial charge in [-0.25, -0.2) is 9.59 Å². The second-order valence-electron chi connectivity index (χ2n) is 4.89. The monoisotopic (exact) mass is 328 g/mol. The van der Waals surface area contributed by atoms with Gasteiger partial charge in [0.2, 0.25) is 0 Å². The molecule has 126 valence electrons. The van der Waals surface area contributed by atoms with Crippen LogP contribution in [0.15, 0.2) is 48.5 Å². The van der Waals surface area contributed by atoms with Gasteiger partial charge in [-0.1, -0.05) is 30.3 Å². The van der Waals surface area contributed by atoms with Gasteiger partial charge in [-0.2, -0.15) is 0 Å². The van der Waals surface area contributed by atoms with Crippen LogP contribution in [0.25, 0.3) is 0 Å². The molecule has 0 saturated carbocycles. The Balaban J connectivity index is 2.01. The lowest BCUT2D eigenvalue weighted by molar-refractivity contribution is 0.0602. The van der Waals surface area contributed by atoms with Crippen LogP contribution in [-0.2, 0) is 11.3 Å². The molecule has 2 rings (SSSR count). The van der Waals surface area contributed by atoms with Gasteiger partial charge < -0.3 is 20.1 Å². The molecular weight excluding hydrogens is 308 g/mol. The Morgan fingerprint density at radius 1 is 1.04 bits per heavy atom. The standard InChI is InChI=1S/C18H20N2O4/c1-3-24-16-11-7-4-8-13(16)12-19-18(22)20-15-10-6-5-9-14(15)17(21)23-2/h4-11H,3,12H2,1-2H3,(H2,19,20,22). The minimum absolute atomic E-state index is 0.296. The van der Waals surface area contributed by atoms with E-state index in [2.05, 4.69) is 10.6 Å². The number of urea groups is 1. The lowest BCUT2D eigenvalue weighted by Gasteiger charge is -2.13. The first-order valence-electron chi connectivity index (χ1n) is 7.58. The van der Waals surface area contributed by atoms with E-state index in [1.165, 1.54) is 7.11 Å². The van der Waals surface area contributed by atoms with E-state index in [4.69, 9.17) is 9.47 Å². The predicted molar refractivity (Wildman–Crippen MR) is 91.3 cm³/mol. The van der Waals surface area contributed by atoms with Crippen molar-refractivity contribution in [3.63, 3.8) is 0 Å². The third-order valence-electron chi connectivity index (χ3n) is 3.29. The van der Waals surface area contributed by atoms with Crippen molar-refractivity contribution in [3.05, 3.63) is 59.7 Å². The molecule has 0 heterocycles. The van der Waals surface area contributed by atoms with Crippen LogP contribution in [0.1, 0.15) is 22.8 Å². The molecule has 6 heteroatoms. The van der Waals surface area contributed by atoms with Crippen molar-refractivity contribution in [2.24, 2.45) is 0 Å². The minimum atomic E-state index is -0.507. The van der Waals surface area contributed by atoms with E-state index in [0.29, 0.717) is 24.4 Å². The summed E-state index contributed by atoms with van der Waals surface area (Å²) in [6.45, 7) is 2.76. The van der Waals surface area contributed by atoms with E-state index in [1.54, 1.807) is 24.3 Å². The Kier molecular flexibility index (Phi) is 6.19. The molecule has 2 amide bonds. The normalized spacial score (nSPS) is 9.92. The van der Waals surface area contributed by atoms with Crippen LogP contribution in [0.5, 0.6) is 5.75 Å². The largest absolute Gasteiger partial charge is 0.494 e. The maximum absolute atomic E-state index is 12.1. The fraction of sp³-hybridized carbons (Fsp3) is 0.222. The summed E-state index contributed by atoms with van der Waals surface area (Å²) in [5.74, 6) is 0.225. The first-order valence-corrected chi connectivity index (χ1v) is 7.58. The number of esters is 1. The molecule has 0 aromatic heterocycles. The number of amides is 2. The summed E-state index contributed by atoms with van der Waals surface area (Å²) in [6.07, 6.45) is 0. The summed E-state index contributed by atoms with van der Waals surface area (Å²) in [4.78, 5) is 23.8. The number of methoxy groups -OCH3 is 1. The van der Waals surface area contributed by atoms with Crippen molar-refractivity contribution in [2.75, 3.05) is 19.0 Å². The van der Waals surface area contributed by atoms with Crippen LogP contribution in [0.2, 0.25) is 0 Å². The van der Waals surface area contributed by atoms with E-state index in [0.717, 1.165) is 11.3 Å². The fourth-order valence-electron chi connectivity index (χ4n) is 2.17. The lowest BCUT2D eigenvalue weighted by atomic mass is 10.2. The Bertz CT molecular complexity index is 716. The number of nitrogens with one attached hydrogen (secondary N) is 2. The highest BCUT2D eigenvalue weighted by molar-refractivity contribution is 6.00. The fourth-order valence-corrected chi connectivity index (χ4v) is 2.17. The summed E-state index contributed by atoms with van der Waals surface area (Å²) in [7, 11) is 1.30. The molecule has 0 aliphatic heterocycles. The lowest BCUT2D eigenvalue weighted by Crippen LogP contribution is -2.29. The number of para-hydroxylation sites is 2. The SMILES string of the molecule is CCOc1ccccc1CNC(=O)Nc1ccccc1C(=O)OC. The molecule has 6 nitrogen and oxygen atoms in total. The molecule has 2 aromatic carbocycles. The van der Waals surface area contributed by atoms with Crippen LogP contribution >= 0.6 is 0 Å². The van der Waals surface area contributed by atoms with Gasteiger partial charge in [0.1, 0.15) is 5.75 Å². The number of benzene rings is 2. The Hall–Kier alpha value is -3.02. The number of rotatable bonds is 6. The van der Waals surface area contributed by atoms with E-state index in [-0.39, 0.29) is 0 Å². The molecular formula is C18H20N2O4. The van der Waals surface area contributed by atoms with Crippen molar-refractivity contribution >= 4 is 17.7 Å². The van der Waals surface area contributed by atoms with Gasteiger partial charge in [-0.05, 0) is 25.1 Å². The first-order chi connectivity index (χ1) is 11.7. The molecule has 0 spiro atoms. The summed E-state index contributed by atoms with van der Waals surface area (Å²) >= 11 is 0. The van der Waals surface area contributed by atoms with Gasteiger partial charge in [0.15, 0.2) is 0 Å². The smallest absolute Gasteiger partial charge is 0.339 e. The second-order valence-corrected chi connectivity index (χ2v) is 4.89. The summed E-state index contributed by atoms with van der Waals surface area (Å²) in [5, 5.41) is 5.40. The van der Waals surface area contributed by atoms with E-state index in [1.807, 2.05) is 31.2 Å². The Morgan fingerprint density at radius 2 is 1.75 bits per heavy atom. The average Bonchev–Trinajstić information content (AvgIpc) is 2.61. The van der Waals surface area contributed by atoms with Crippen molar-refractivity contribution in [1.29, 1.82) is 0 Å². The highest BCUT2D eigenvalue weighted by Gasteiger charge is 2.13. The third kappa shape index (κ3) is 4.49. The van der Waals surface area contributed by atoms with E-state index >= 15 is 0 Å². The van der Waals surface area contributed by atoms with Crippen molar-refractivity contribution in [2.45, 2.75) is 13.5 Å². The number of carbonyl (C=O) groups is 2. The maximum Gasteiger partial charge on any atom is 0.339 e. The molecule has 0 saturated heterocycles. The molecule has 2 aromatic rings. The predicted octanol–water partition coefficient (Wildman–Crippen LogP) is 3.19. The zero-order chi connectivity index (χ0) is 17.4. The van der Waals surface area contributed by atoms with Crippen molar-refractivity contribution in [3.8, 4) is 5.75 Å². The van der Waals surface area contributed by atoms with Crippen molar-refractivity contribution < 1.29 is 19.1 Å². The van der Waals surface area contributed by atoms with Gasteiger partial charge in [-0.3, -0.25) is 0 Å². The number of carbonyl (C=O) groups excluding carboxylic acids is 2. The molecule has 0 radical (unpaired) electrons. The van der Waals surface area contributed by atoms with Gasteiger partial charge in [0.05, 0.1) is 25.0 Å². The number of anilines is 1. The van der Waals surface area contributed by atoms with Crippen LogP contribution in [-0.4, -0.2) is 25.7 Å². The Labute approximate surface area is 140 Å². The van der Waals surface area contributed by atoms with Gasteiger partial charge in [-0.15, -0.1) is 0 Å². The molecule has 0 atom stereocenters. The highest BCUT2D eigenvalue weighted by Crippen LogP contribution is 2.18. The van der Waals surface area contributed by atoms with E-state index < -0.39 is 12.0 Å². The molecule has 0 fully saturated rings. The number of hydrogen-bond donors (Lipinski definition) is 2. The van der Waals surface area contributed by atoms with Gasteiger partial charge in [0.25, 0.3) is 0 Å². The zero-order valence-corrected chi connectivity index (χ0v) is 13.7. The summed E-state index contributed by atoms with van der Waals surface area (Å²) in [5.41, 5.74) is 1.56. The molecule has 0 aliphatic rings. The highest BCUT2D eigenvalue weighted by atomic mass is 16.5. The second kappa shape index (κ2) is 8.57. The quantitative estimate of drug-likeness (QED) is 0.799. The van der Waals surface area contributed by atoms with Crippen LogP contribution < -0.4 is 15.4 Å². The summed E-state index contributed by atoms with van der Waals surface area (Å²) in [6, 6.07) is 13.7. The van der Waals surface area contributed by atoms with Gasteiger partial charge in [0, 0.05) is 12.1 Å². The topological polar surface area (TPSA) is 76.7 Å². The van der Waals surface area contributed by atoms with Gasteiger partial charge >= 0.3 is 12.0 Å². The average molecular weight is 328 g/mol. The van der Waals surface area contributed by atoms with Crippen LogP contribution in [0.4, 0.5) is 10.5 Å². The van der Waals surface area contributed by atoms with Crippen molar-refractivity contribution in [1.82, 2.24) is 5.32 Å². The zero-order valence-electron chi connectivity index (χ0n) is 13.7.